The second-order valence-corrected chi connectivity index (χ2v) is 12.3. The number of amides is 1. The number of carbonyl (C=O) groups excluding carboxylic acids is 1. The molecule has 4 unspecified atom stereocenters. The van der Waals surface area contributed by atoms with Crippen LogP contribution in [0.3, 0.4) is 0 Å². The van der Waals surface area contributed by atoms with E-state index in [1.54, 1.807) is 7.11 Å². The fourth-order valence-corrected chi connectivity index (χ4v) is 5.12. The second kappa shape index (κ2) is 10.7. The van der Waals surface area contributed by atoms with Gasteiger partial charge in [0.1, 0.15) is 0 Å². The zero-order valence-electron chi connectivity index (χ0n) is 23.1. The van der Waals surface area contributed by atoms with Crippen LogP contribution in [0.15, 0.2) is 23.5 Å². The SMILES string of the molecule is [B]=C(C(n1cc(C2CC2)nn1)C(C)(C)C)N1CC(O)CC1C(=O)NC(C(=NC(=C)C1CC1)OC)C(C)C. The number of β-amino-alcohol motifs (C(OH)–C–C–N with tert-alkyl or cyclic N) is 1. The number of aliphatic hydroxyl groups excluding tert-OH is 1. The third-order valence-corrected chi connectivity index (χ3v) is 7.54. The Balaban J connectivity index is 1.55. The summed E-state index contributed by atoms with van der Waals surface area (Å²) in [4.78, 5) is 20.1. The molecule has 201 valence electrons. The van der Waals surface area contributed by atoms with E-state index in [0.717, 1.165) is 37.1 Å². The predicted octanol–water partition coefficient (Wildman–Crippen LogP) is 2.59. The topological polar surface area (TPSA) is 105 Å². The van der Waals surface area contributed by atoms with E-state index in [9.17, 15) is 9.90 Å². The molecule has 0 aromatic carbocycles. The molecule has 1 aliphatic heterocycles. The number of rotatable bonds is 10. The fourth-order valence-electron chi connectivity index (χ4n) is 5.12. The molecule has 2 saturated carbocycles. The first-order valence-corrected chi connectivity index (χ1v) is 13.5. The molecule has 4 atom stereocenters. The molecule has 37 heavy (non-hydrogen) atoms. The van der Waals surface area contributed by atoms with Crippen molar-refractivity contribution in [2.24, 2.45) is 22.2 Å². The standard InChI is InChI=1S/C27H42BN6O3/c1-15(2)22(26(37-7)29-16(3)17-8-9-17)30-25(36)21-12-19(35)13-33(21)24(28)23(27(4,5)6)34-14-20(31-32-34)18-10-11-18/h14-15,17-19,21-23,35H,3,8-13H2,1-2,4-7H3,(H,30,36). The number of nitrogens with one attached hydrogen (secondary N) is 1. The number of likely N-dealkylation sites (tertiary alicyclic amines) is 1. The number of aromatic nitrogens is 3. The van der Waals surface area contributed by atoms with Crippen LogP contribution in [0.5, 0.6) is 0 Å². The van der Waals surface area contributed by atoms with Crippen molar-refractivity contribution in [2.45, 2.75) is 96.9 Å². The first kappa shape index (κ1) is 27.5. The number of carbonyl (C=O) groups is 1. The Morgan fingerprint density at radius 2 is 1.97 bits per heavy atom. The number of hydrogen-bond acceptors (Lipinski definition) is 7. The first-order valence-electron chi connectivity index (χ1n) is 13.5. The molecule has 2 aliphatic carbocycles. The number of aliphatic imine (C=N–C) groups is 1. The minimum absolute atomic E-state index is 0.0362. The van der Waals surface area contributed by atoms with Crippen LogP contribution in [0.2, 0.25) is 0 Å². The van der Waals surface area contributed by atoms with E-state index < -0.39 is 18.2 Å². The Hall–Kier alpha value is -2.49. The van der Waals surface area contributed by atoms with Crippen LogP contribution < -0.4 is 5.32 Å². The summed E-state index contributed by atoms with van der Waals surface area (Å²) in [6.45, 7) is 14.7. The van der Waals surface area contributed by atoms with Gasteiger partial charge in [-0.05, 0) is 0 Å². The van der Waals surface area contributed by atoms with Gasteiger partial charge in [0, 0.05) is 0 Å². The molecule has 3 fully saturated rings. The molecule has 1 saturated heterocycles. The Kier molecular flexibility index (Phi) is 7.97. The van der Waals surface area contributed by atoms with Crippen LogP contribution in [-0.4, -0.2) is 81.7 Å². The molecule has 1 amide bonds. The normalized spacial score (nSPS) is 24.2. The first-order chi connectivity index (χ1) is 17.4. The van der Waals surface area contributed by atoms with E-state index in [0.29, 0.717) is 23.3 Å². The summed E-state index contributed by atoms with van der Waals surface area (Å²) >= 11 is 0. The summed E-state index contributed by atoms with van der Waals surface area (Å²) in [5.41, 5.74) is 1.97. The molecule has 0 spiro atoms. The van der Waals surface area contributed by atoms with E-state index in [2.05, 4.69) is 48.0 Å². The van der Waals surface area contributed by atoms with Gasteiger partial charge < -0.3 is 0 Å². The summed E-state index contributed by atoms with van der Waals surface area (Å²) in [6, 6.07) is -1.38. The second-order valence-electron chi connectivity index (χ2n) is 12.3. The summed E-state index contributed by atoms with van der Waals surface area (Å²) in [5.74, 6) is 1.14. The Labute approximate surface area is 221 Å². The maximum absolute atomic E-state index is 13.7. The Morgan fingerprint density at radius 3 is 2.51 bits per heavy atom. The van der Waals surface area contributed by atoms with Crippen LogP contribution >= 0.6 is 0 Å². The molecular formula is C27H42BN6O3. The van der Waals surface area contributed by atoms with Crippen molar-refractivity contribution < 1.29 is 14.6 Å². The number of methoxy groups -OCH3 is 1. The van der Waals surface area contributed by atoms with Crippen LogP contribution in [0.1, 0.15) is 84.4 Å². The van der Waals surface area contributed by atoms with Crippen LogP contribution in [0.25, 0.3) is 0 Å². The summed E-state index contributed by atoms with van der Waals surface area (Å²) in [6.07, 6.45) is 6.04. The van der Waals surface area contributed by atoms with Gasteiger partial charge in [-0.15, -0.1) is 0 Å². The number of aliphatic hydroxyl groups is 1. The monoisotopic (exact) mass is 509 g/mol. The molecule has 3 aliphatic rings. The summed E-state index contributed by atoms with van der Waals surface area (Å²) in [7, 11) is 8.39. The number of nitrogens with zero attached hydrogens (tertiary/aromatic N) is 5. The van der Waals surface area contributed by atoms with Crippen LogP contribution in [0.4, 0.5) is 0 Å². The fraction of sp³-hybridized carbons (Fsp3) is 0.741. The molecule has 4 rings (SSSR count). The van der Waals surface area contributed by atoms with Gasteiger partial charge in [-0.2, -0.15) is 0 Å². The maximum atomic E-state index is 13.7. The molecule has 0 bridgehead atoms. The van der Waals surface area contributed by atoms with Gasteiger partial charge in [0.15, 0.2) is 0 Å². The zero-order chi connectivity index (χ0) is 27.1. The van der Waals surface area contributed by atoms with Gasteiger partial charge >= 0.3 is 222 Å². The third kappa shape index (κ3) is 6.33. The summed E-state index contributed by atoms with van der Waals surface area (Å²) in [5, 5.41) is 22.5. The number of allylic oxidation sites excluding steroid dienone is 1. The van der Waals surface area contributed by atoms with Gasteiger partial charge in [0.2, 0.25) is 0 Å². The third-order valence-electron chi connectivity index (χ3n) is 7.54. The molecule has 1 aromatic rings. The minimum atomic E-state index is -0.671. The van der Waals surface area contributed by atoms with Crippen molar-refractivity contribution in [3.8, 4) is 0 Å². The molecule has 10 heteroatoms. The van der Waals surface area contributed by atoms with Crippen molar-refractivity contribution in [3.63, 3.8) is 0 Å². The molecule has 2 N–H and O–H groups in total. The number of hydrogen-bond donors (Lipinski definition) is 2. The number of ether oxygens (including phenoxy) is 1. The van der Waals surface area contributed by atoms with Gasteiger partial charge in [-0.3, -0.25) is 0 Å². The van der Waals surface area contributed by atoms with Gasteiger partial charge in [0.25, 0.3) is 0 Å². The van der Waals surface area contributed by atoms with Crippen molar-refractivity contribution in [1.82, 2.24) is 25.2 Å². The van der Waals surface area contributed by atoms with Crippen molar-refractivity contribution in [1.29, 1.82) is 0 Å². The van der Waals surface area contributed by atoms with E-state index in [4.69, 9.17) is 12.2 Å². The zero-order valence-corrected chi connectivity index (χ0v) is 23.1. The van der Waals surface area contributed by atoms with E-state index in [1.165, 1.54) is 0 Å². The Morgan fingerprint density at radius 1 is 1.30 bits per heavy atom. The van der Waals surface area contributed by atoms with Crippen molar-refractivity contribution in [3.05, 3.63) is 24.2 Å². The van der Waals surface area contributed by atoms with Crippen molar-refractivity contribution >= 4 is 24.9 Å². The Bertz CT molecular complexity index is 1050. The average molecular weight is 509 g/mol. The molecule has 2 heterocycles. The van der Waals surface area contributed by atoms with Gasteiger partial charge in [-0.25, -0.2) is 0 Å². The van der Waals surface area contributed by atoms with Crippen molar-refractivity contribution in [2.75, 3.05) is 13.7 Å². The van der Waals surface area contributed by atoms with Crippen LogP contribution in [-0.2, 0) is 9.53 Å². The van der Waals surface area contributed by atoms with E-state index >= 15 is 0 Å². The molecule has 1 aromatic heterocycles. The van der Waals surface area contributed by atoms with Crippen LogP contribution in [0, 0.1) is 17.3 Å². The summed E-state index contributed by atoms with van der Waals surface area (Å²) < 4.78 is 7.43. The van der Waals surface area contributed by atoms with Gasteiger partial charge in [-0.1, -0.05) is 0 Å². The molecule has 9 nitrogen and oxygen atoms in total. The van der Waals surface area contributed by atoms with E-state index in [-0.39, 0.29) is 36.2 Å². The molecule has 1 radical (unpaired) electrons. The quantitative estimate of drug-likeness (QED) is 0.286. The average Bonchev–Trinajstić information content (AvgIpc) is 3.75. The van der Waals surface area contributed by atoms with E-state index in [1.807, 2.05) is 29.6 Å². The predicted molar refractivity (Wildman–Crippen MR) is 145 cm³/mol. The van der Waals surface area contributed by atoms with Gasteiger partial charge in [0.05, 0.1) is 0 Å². The molecular weight excluding hydrogens is 467 g/mol.